The van der Waals surface area contributed by atoms with Crippen LogP contribution in [0.1, 0.15) is 0 Å². The van der Waals surface area contributed by atoms with Gasteiger partial charge in [0, 0.05) is 0 Å². The van der Waals surface area contributed by atoms with Gasteiger partial charge in [-0.15, -0.1) is 0 Å². The minimum Gasteiger partial charge on any atom is -0.565 e. The summed E-state index contributed by atoms with van der Waals surface area (Å²) in [5, 5.41) is 45.9. The van der Waals surface area contributed by atoms with Gasteiger partial charge < -0.3 is 45.0 Å². The molecule has 0 aromatic heterocycles. The van der Waals surface area contributed by atoms with Crippen LogP contribution in [0.5, 0.6) is 0 Å². The van der Waals surface area contributed by atoms with Crippen molar-refractivity contribution in [2.24, 2.45) is 0 Å². The third-order valence-electron chi connectivity index (χ3n) is 0. The summed E-state index contributed by atoms with van der Waals surface area (Å²) in [4.78, 5) is 25.3. The van der Waals surface area contributed by atoms with Crippen molar-refractivity contribution in [2.75, 3.05) is 0 Å². The molecule has 9 nitrogen and oxygen atoms in total. The van der Waals surface area contributed by atoms with E-state index >= 15 is 0 Å². The molecule has 14 heavy (non-hydrogen) atoms. The molecule has 11 heteroatoms. The van der Waals surface area contributed by atoms with Crippen molar-refractivity contribution in [1.82, 2.24) is 0 Å². The van der Waals surface area contributed by atoms with Gasteiger partial charge in [0.1, 0.15) is 0 Å². The smallest absolute Gasteiger partial charge is 0.565 e. The molecule has 0 unspecified atom stereocenters. The van der Waals surface area contributed by atoms with E-state index in [0.717, 1.165) is 0 Å². The molecular weight excluding hydrogens is 268 g/mol. The summed E-state index contributed by atoms with van der Waals surface area (Å²) >= 11 is 0. The third-order valence-corrected chi connectivity index (χ3v) is 0. The van der Waals surface area contributed by atoms with Gasteiger partial charge in [0.05, 0.1) is 0 Å². The van der Waals surface area contributed by atoms with Crippen LogP contribution in [0.2, 0.25) is 0 Å². The first-order chi connectivity index (χ1) is 5.20. The summed E-state index contributed by atoms with van der Waals surface area (Å²) in [5.41, 5.74) is 0. The van der Waals surface area contributed by atoms with Crippen LogP contribution >= 0.6 is 0 Å². The van der Waals surface area contributed by atoms with Gasteiger partial charge in [-0.05, 0) is 0 Å². The Morgan fingerprint density at radius 2 is 0.714 bits per heavy atom. The maximum atomic E-state index is 8.44. The molecule has 0 heterocycles. The van der Waals surface area contributed by atoms with E-state index in [1.165, 1.54) is 0 Å². The molecule has 0 amide bonds. The maximum absolute atomic E-state index is 8.44. The van der Waals surface area contributed by atoms with E-state index in [4.69, 9.17) is 45.0 Å². The molecule has 0 saturated carbocycles. The number of hydrogen-bond acceptors (Lipinski definition) is 6. The predicted molar refractivity (Wildman–Crippen MR) is 24.1 cm³/mol. The molecule has 72 valence electrons. The molecule has 0 bridgehead atoms. The molecule has 0 aliphatic heterocycles. The van der Waals surface area contributed by atoms with E-state index in [-0.39, 0.29) is 49.0 Å². The number of hydrogen-bond donors (Lipinski definition) is 3. The van der Waals surface area contributed by atoms with E-state index in [1.54, 1.807) is 0 Å². The van der Waals surface area contributed by atoms with Gasteiger partial charge in [0.25, 0.3) is 0 Å². The average molecular weight is 271 g/mol. The Morgan fingerprint density at radius 3 is 0.714 bits per heavy atom. The van der Waals surface area contributed by atoms with Gasteiger partial charge in [0.2, 0.25) is 18.5 Å². The standard InChI is InChI=1S/3CH2O3.Na.Zn/c3*2-1(3)4;;/h3*(H2,2,3,4);;/q;;;+1;+2/p-3. The van der Waals surface area contributed by atoms with E-state index < -0.39 is 18.5 Å². The maximum Gasteiger partial charge on any atom is 2.00 e. The quantitative estimate of drug-likeness (QED) is 0.361. The van der Waals surface area contributed by atoms with Crippen LogP contribution in [0, 0.1) is 0 Å². The van der Waals surface area contributed by atoms with Crippen LogP contribution in [0.15, 0.2) is 0 Å². The van der Waals surface area contributed by atoms with Gasteiger partial charge in [-0.3, -0.25) is 0 Å². The van der Waals surface area contributed by atoms with Crippen molar-refractivity contribution in [1.29, 1.82) is 0 Å². The minimum atomic E-state index is -2.08. The fourth-order valence-electron chi connectivity index (χ4n) is 0. The number of carboxylic acid groups (broad SMARTS) is 6. The Labute approximate surface area is 112 Å². The summed E-state index contributed by atoms with van der Waals surface area (Å²) in [5.74, 6) is 0. The monoisotopic (exact) mass is 270 g/mol. The molecule has 0 radical (unpaired) electrons. The first-order valence-corrected chi connectivity index (χ1v) is 1.90. The van der Waals surface area contributed by atoms with Crippen LogP contribution in [-0.2, 0) is 19.5 Å². The Bertz CT molecular complexity index is 118. The molecule has 0 aromatic carbocycles. The topological polar surface area (TPSA) is 181 Å². The molecule has 0 atom stereocenters. The molecule has 0 aromatic rings. The minimum absolute atomic E-state index is 0. The SMILES string of the molecule is O=C([O-])O.O=C([O-])O.O=C([O-])O.[Na+].[Zn+2]. The fraction of sp³-hybridized carbons (Fsp3) is 0. The van der Waals surface area contributed by atoms with Crippen molar-refractivity contribution in [3.8, 4) is 0 Å². The Kier molecular flexibility index (Phi) is 47.7. The molecule has 0 fully saturated rings. The zero-order valence-corrected chi connectivity index (χ0v) is 12.0. The van der Waals surface area contributed by atoms with Crippen molar-refractivity contribution in [3.63, 3.8) is 0 Å². The zero-order valence-electron chi connectivity index (χ0n) is 7.00. The first kappa shape index (κ1) is 29.2. The molecular formula is C3H3NaO9Zn. The van der Waals surface area contributed by atoms with Crippen LogP contribution in [0.3, 0.4) is 0 Å². The molecule has 3 N–H and O–H groups in total. The van der Waals surface area contributed by atoms with Crippen LogP contribution in [0.25, 0.3) is 0 Å². The summed E-state index contributed by atoms with van der Waals surface area (Å²) in [7, 11) is 0. The first-order valence-electron chi connectivity index (χ1n) is 1.90. The second-order valence-electron chi connectivity index (χ2n) is 0.798. The summed E-state index contributed by atoms with van der Waals surface area (Å²) in [6.45, 7) is 0. The van der Waals surface area contributed by atoms with Crippen LogP contribution < -0.4 is 44.9 Å². The van der Waals surface area contributed by atoms with E-state index in [9.17, 15) is 0 Å². The Hall–Kier alpha value is -0.567. The second-order valence-corrected chi connectivity index (χ2v) is 0.798. The summed E-state index contributed by atoms with van der Waals surface area (Å²) < 4.78 is 0. The zero-order chi connectivity index (χ0) is 10.7. The predicted octanol–water partition coefficient (Wildman–Crippen LogP) is -6.34. The van der Waals surface area contributed by atoms with Crippen LogP contribution in [-0.4, -0.2) is 33.8 Å². The van der Waals surface area contributed by atoms with Crippen molar-refractivity contribution in [3.05, 3.63) is 0 Å². The number of rotatable bonds is 0. The van der Waals surface area contributed by atoms with Gasteiger partial charge in [-0.25, -0.2) is 0 Å². The molecule has 0 rings (SSSR count). The van der Waals surface area contributed by atoms with Crippen molar-refractivity contribution in [2.45, 2.75) is 0 Å². The molecule has 0 aliphatic carbocycles. The Balaban J connectivity index is -0.0000000270. The molecule has 0 spiro atoms. The largest absolute Gasteiger partial charge is 2.00 e. The van der Waals surface area contributed by atoms with E-state index in [2.05, 4.69) is 0 Å². The normalized spacial score (nSPS) is 5.14. The molecule has 0 saturated heterocycles. The Morgan fingerprint density at radius 1 is 0.714 bits per heavy atom. The fourth-order valence-corrected chi connectivity index (χ4v) is 0. The van der Waals surface area contributed by atoms with E-state index in [0.29, 0.717) is 0 Å². The molecule has 0 aliphatic rings. The van der Waals surface area contributed by atoms with Crippen molar-refractivity contribution >= 4 is 18.5 Å². The summed E-state index contributed by atoms with van der Waals surface area (Å²) in [6, 6.07) is 0. The third kappa shape index (κ3) is 3880. The second kappa shape index (κ2) is 22.9. The van der Waals surface area contributed by atoms with Crippen LogP contribution in [0.4, 0.5) is 14.4 Å². The number of carbonyl (C=O) groups is 3. The van der Waals surface area contributed by atoms with Gasteiger partial charge in [0.15, 0.2) is 0 Å². The van der Waals surface area contributed by atoms with Gasteiger partial charge in [-0.2, -0.15) is 0 Å². The van der Waals surface area contributed by atoms with Gasteiger partial charge >= 0.3 is 49.0 Å². The summed E-state index contributed by atoms with van der Waals surface area (Å²) in [6.07, 6.45) is -6.25. The average Bonchev–Trinajstić information content (AvgIpc) is 1.54. The van der Waals surface area contributed by atoms with E-state index in [1.807, 2.05) is 0 Å². The van der Waals surface area contributed by atoms with Gasteiger partial charge in [-0.1, -0.05) is 0 Å². The van der Waals surface area contributed by atoms with Crippen molar-refractivity contribution < 1.29 is 94.1 Å².